The number of carbonyl (C=O) groups excluding carboxylic acids is 2. The highest BCUT2D eigenvalue weighted by atomic mass is 32.2. The first-order valence-electron chi connectivity index (χ1n) is 5.94. The fraction of sp³-hybridized carbons (Fsp3) is 0.385. The van der Waals surface area contributed by atoms with Gasteiger partial charge in [0.25, 0.3) is 0 Å². The van der Waals surface area contributed by atoms with Crippen LogP contribution in [-0.4, -0.2) is 30.3 Å². The molecule has 0 aromatic heterocycles. The molecule has 0 bridgehead atoms. The van der Waals surface area contributed by atoms with Crippen LogP contribution in [0.2, 0.25) is 0 Å². The highest BCUT2D eigenvalue weighted by Gasteiger charge is 2.15. The van der Waals surface area contributed by atoms with Gasteiger partial charge in [-0.05, 0) is 18.6 Å². The minimum absolute atomic E-state index is 0.321. The van der Waals surface area contributed by atoms with E-state index in [1.807, 2.05) is 12.1 Å². The van der Waals surface area contributed by atoms with E-state index in [0.717, 1.165) is 5.56 Å². The first-order chi connectivity index (χ1) is 9.06. The molecule has 1 atom stereocenters. The van der Waals surface area contributed by atoms with Crippen molar-refractivity contribution in [3.05, 3.63) is 35.4 Å². The average Bonchev–Trinajstić information content (AvgIpc) is 2.39. The highest BCUT2D eigenvalue weighted by Crippen LogP contribution is 2.17. The summed E-state index contributed by atoms with van der Waals surface area (Å²) in [5.74, 6) is 0.155. The van der Waals surface area contributed by atoms with Gasteiger partial charge in [0.1, 0.15) is 6.04 Å². The third-order valence-corrected chi connectivity index (χ3v) is 3.54. The van der Waals surface area contributed by atoms with Crippen molar-refractivity contribution in [2.45, 2.75) is 18.7 Å². The molecule has 4 N–H and O–H groups in total. The number of esters is 1. The number of primary amides is 1. The molecule has 0 aliphatic heterocycles. The summed E-state index contributed by atoms with van der Waals surface area (Å²) in [5.41, 5.74) is 12.3. The quantitative estimate of drug-likeness (QED) is 0.725. The van der Waals surface area contributed by atoms with E-state index in [-0.39, 0.29) is 0 Å². The molecule has 1 aromatic carbocycles. The minimum atomic E-state index is -0.648. The lowest BCUT2D eigenvalue weighted by atomic mass is 10.1. The zero-order valence-corrected chi connectivity index (χ0v) is 11.6. The van der Waals surface area contributed by atoms with Gasteiger partial charge in [0.15, 0.2) is 0 Å². The van der Waals surface area contributed by atoms with Gasteiger partial charge in [0.05, 0.1) is 6.61 Å². The Morgan fingerprint density at radius 1 is 1.37 bits per heavy atom. The average molecular weight is 282 g/mol. The predicted molar refractivity (Wildman–Crippen MR) is 75.7 cm³/mol. The van der Waals surface area contributed by atoms with Gasteiger partial charge >= 0.3 is 5.97 Å². The van der Waals surface area contributed by atoms with Crippen molar-refractivity contribution in [1.82, 2.24) is 0 Å². The van der Waals surface area contributed by atoms with Crippen molar-refractivity contribution < 1.29 is 14.3 Å². The number of thioether (sulfide) groups is 1. The normalized spacial score (nSPS) is 11.9. The van der Waals surface area contributed by atoms with Crippen LogP contribution in [0.4, 0.5) is 0 Å². The summed E-state index contributed by atoms with van der Waals surface area (Å²) in [7, 11) is 0. The van der Waals surface area contributed by atoms with Gasteiger partial charge in [-0.3, -0.25) is 9.59 Å². The van der Waals surface area contributed by atoms with Gasteiger partial charge in [-0.2, -0.15) is 11.8 Å². The molecule has 1 amide bonds. The molecule has 0 heterocycles. The van der Waals surface area contributed by atoms with Gasteiger partial charge < -0.3 is 16.2 Å². The molecule has 0 saturated carbocycles. The number of amides is 1. The van der Waals surface area contributed by atoms with E-state index in [1.54, 1.807) is 19.1 Å². The molecule has 0 fully saturated rings. The first-order valence-corrected chi connectivity index (χ1v) is 7.09. The highest BCUT2D eigenvalue weighted by molar-refractivity contribution is 7.98. The van der Waals surface area contributed by atoms with E-state index in [9.17, 15) is 9.59 Å². The van der Waals surface area contributed by atoms with Crippen LogP contribution in [0.5, 0.6) is 0 Å². The minimum Gasteiger partial charge on any atom is -0.465 e. The van der Waals surface area contributed by atoms with E-state index >= 15 is 0 Å². The van der Waals surface area contributed by atoms with Crippen molar-refractivity contribution in [3.8, 4) is 0 Å². The number of hydrogen-bond acceptors (Lipinski definition) is 5. The van der Waals surface area contributed by atoms with Gasteiger partial charge in [-0.25, -0.2) is 0 Å². The fourth-order valence-corrected chi connectivity index (χ4v) is 2.48. The lowest BCUT2D eigenvalue weighted by molar-refractivity contribution is -0.144. The molecule has 0 spiro atoms. The Balaban J connectivity index is 2.49. The Hall–Kier alpha value is -1.53. The number of rotatable bonds is 7. The van der Waals surface area contributed by atoms with Gasteiger partial charge in [0.2, 0.25) is 5.91 Å². The van der Waals surface area contributed by atoms with Crippen LogP contribution in [0.3, 0.4) is 0 Å². The summed E-state index contributed by atoms with van der Waals surface area (Å²) in [6, 6.07) is 6.48. The first kappa shape index (κ1) is 15.5. The second-order valence-electron chi connectivity index (χ2n) is 3.90. The van der Waals surface area contributed by atoms with E-state index in [1.165, 1.54) is 11.8 Å². The van der Waals surface area contributed by atoms with Crippen molar-refractivity contribution >= 4 is 23.6 Å². The maximum Gasteiger partial charge on any atom is 0.323 e. The molecule has 0 radical (unpaired) electrons. The van der Waals surface area contributed by atoms with E-state index in [4.69, 9.17) is 16.2 Å². The van der Waals surface area contributed by atoms with Crippen LogP contribution in [-0.2, 0) is 15.3 Å². The van der Waals surface area contributed by atoms with Crippen LogP contribution in [0.1, 0.15) is 22.8 Å². The van der Waals surface area contributed by atoms with Crippen molar-refractivity contribution in [2.75, 3.05) is 12.4 Å². The molecule has 0 aliphatic carbocycles. The molecule has 104 valence electrons. The van der Waals surface area contributed by atoms with Crippen LogP contribution in [0.25, 0.3) is 0 Å². The fourth-order valence-electron chi connectivity index (χ4n) is 1.50. The summed E-state index contributed by atoms with van der Waals surface area (Å²) in [4.78, 5) is 22.6. The largest absolute Gasteiger partial charge is 0.465 e. The molecule has 0 aliphatic rings. The van der Waals surface area contributed by atoms with E-state index in [2.05, 4.69) is 0 Å². The van der Waals surface area contributed by atoms with E-state index in [0.29, 0.717) is 23.7 Å². The second-order valence-corrected chi connectivity index (χ2v) is 4.93. The Labute approximate surface area is 116 Å². The van der Waals surface area contributed by atoms with Crippen LogP contribution in [0, 0.1) is 0 Å². The van der Waals surface area contributed by atoms with Gasteiger partial charge in [-0.15, -0.1) is 0 Å². The summed E-state index contributed by atoms with van der Waals surface area (Å²) in [6.45, 7) is 2.06. The molecular formula is C13H18N2O3S. The molecule has 6 heteroatoms. The van der Waals surface area contributed by atoms with Crippen molar-refractivity contribution in [1.29, 1.82) is 0 Å². The van der Waals surface area contributed by atoms with Crippen molar-refractivity contribution in [3.63, 3.8) is 0 Å². The maximum atomic E-state index is 11.3. The zero-order valence-electron chi connectivity index (χ0n) is 10.8. The number of nitrogens with two attached hydrogens (primary N) is 2. The summed E-state index contributed by atoms with van der Waals surface area (Å²) < 4.78 is 4.82. The Morgan fingerprint density at radius 3 is 2.68 bits per heavy atom. The Kier molecular flexibility index (Phi) is 6.38. The van der Waals surface area contributed by atoms with E-state index < -0.39 is 17.9 Å². The molecule has 1 rings (SSSR count). The molecule has 1 unspecified atom stereocenters. The molecular weight excluding hydrogens is 264 g/mol. The Bertz CT molecular complexity index is 451. The number of hydrogen-bond donors (Lipinski definition) is 2. The molecule has 1 aromatic rings. The number of benzene rings is 1. The van der Waals surface area contributed by atoms with Crippen molar-refractivity contribution in [2.24, 2.45) is 11.5 Å². The maximum absolute atomic E-state index is 11.3. The smallest absolute Gasteiger partial charge is 0.323 e. The third-order valence-electron chi connectivity index (χ3n) is 2.43. The molecule has 0 saturated heterocycles. The van der Waals surface area contributed by atoms with Gasteiger partial charge in [0, 0.05) is 17.1 Å². The summed E-state index contributed by atoms with van der Waals surface area (Å²) >= 11 is 1.47. The topological polar surface area (TPSA) is 95.4 Å². The van der Waals surface area contributed by atoms with Gasteiger partial charge in [-0.1, -0.05) is 18.2 Å². The monoisotopic (exact) mass is 282 g/mol. The zero-order chi connectivity index (χ0) is 14.3. The second kappa shape index (κ2) is 7.81. The van der Waals surface area contributed by atoms with Crippen LogP contribution in [0.15, 0.2) is 24.3 Å². The number of carbonyl (C=O) groups is 2. The Morgan fingerprint density at radius 2 is 2.05 bits per heavy atom. The standard InChI is InChI=1S/C13H18N2O3S/c1-2-18-13(17)11(14)8-19-7-9-5-3-4-6-10(9)12(15)16/h3-6,11H,2,7-8,14H2,1H3,(H2,15,16). The lowest BCUT2D eigenvalue weighted by Crippen LogP contribution is -2.34. The van der Waals surface area contributed by atoms with Crippen LogP contribution >= 0.6 is 11.8 Å². The number of ether oxygens (including phenoxy) is 1. The third kappa shape index (κ3) is 4.92. The summed E-state index contributed by atoms with van der Waals surface area (Å²) in [6.07, 6.45) is 0. The van der Waals surface area contributed by atoms with Crippen LogP contribution < -0.4 is 11.5 Å². The summed E-state index contributed by atoms with van der Waals surface area (Å²) in [5, 5.41) is 0. The SMILES string of the molecule is CCOC(=O)C(N)CSCc1ccccc1C(N)=O. The molecule has 19 heavy (non-hydrogen) atoms. The lowest BCUT2D eigenvalue weighted by Gasteiger charge is -2.11. The molecule has 5 nitrogen and oxygen atoms in total. The predicted octanol–water partition coefficient (Wildman–Crippen LogP) is 0.909.